The number of likely N-dealkylation sites (tertiary alicyclic amines) is 1. The first kappa shape index (κ1) is 13.2. The van der Waals surface area contributed by atoms with E-state index in [1.807, 2.05) is 35.0 Å². The molecule has 2 heterocycles. The zero-order valence-electron chi connectivity index (χ0n) is 12.3. The SMILES string of the molecule is O=C1CCC(=O)N1Cc1nn(-c2ccccc2)c2c1CCC2. The molecule has 2 aromatic rings. The van der Waals surface area contributed by atoms with Crippen LogP contribution in [-0.2, 0) is 29.0 Å². The molecule has 1 aliphatic carbocycles. The molecule has 1 aromatic carbocycles. The summed E-state index contributed by atoms with van der Waals surface area (Å²) < 4.78 is 1.97. The van der Waals surface area contributed by atoms with Gasteiger partial charge in [0, 0.05) is 18.5 Å². The number of carbonyl (C=O) groups excluding carboxylic acids is 2. The number of fused-ring (bicyclic) bond motifs is 1. The summed E-state index contributed by atoms with van der Waals surface area (Å²) in [6.45, 7) is 0.319. The van der Waals surface area contributed by atoms with Gasteiger partial charge in [-0.05, 0) is 37.0 Å². The lowest BCUT2D eigenvalue weighted by atomic mass is 10.2. The molecule has 112 valence electrons. The van der Waals surface area contributed by atoms with E-state index >= 15 is 0 Å². The van der Waals surface area contributed by atoms with E-state index in [4.69, 9.17) is 5.10 Å². The van der Waals surface area contributed by atoms with Crippen molar-refractivity contribution >= 4 is 11.8 Å². The molecule has 1 aliphatic heterocycles. The van der Waals surface area contributed by atoms with Gasteiger partial charge >= 0.3 is 0 Å². The van der Waals surface area contributed by atoms with Crippen LogP contribution in [0.15, 0.2) is 30.3 Å². The normalized spacial score (nSPS) is 17.4. The molecule has 2 aliphatic rings. The molecule has 22 heavy (non-hydrogen) atoms. The fraction of sp³-hybridized carbons (Fsp3) is 0.353. The van der Waals surface area contributed by atoms with E-state index in [2.05, 4.69) is 0 Å². The summed E-state index contributed by atoms with van der Waals surface area (Å²) in [4.78, 5) is 25.0. The fourth-order valence-electron chi connectivity index (χ4n) is 3.37. The number of rotatable bonds is 3. The number of nitrogens with zero attached hydrogens (tertiary/aromatic N) is 3. The summed E-state index contributed by atoms with van der Waals surface area (Å²) in [5.41, 5.74) is 4.35. The Kier molecular flexibility index (Phi) is 3.06. The first-order valence-corrected chi connectivity index (χ1v) is 7.72. The summed E-state index contributed by atoms with van der Waals surface area (Å²) in [6, 6.07) is 10.0. The second-order valence-corrected chi connectivity index (χ2v) is 5.85. The first-order valence-electron chi connectivity index (χ1n) is 7.72. The number of amides is 2. The molecule has 1 aromatic heterocycles. The molecule has 0 radical (unpaired) electrons. The van der Waals surface area contributed by atoms with Crippen LogP contribution < -0.4 is 0 Å². The predicted octanol–water partition coefficient (Wildman–Crippen LogP) is 2.01. The highest BCUT2D eigenvalue weighted by atomic mass is 16.2. The van der Waals surface area contributed by atoms with Crippen LogP contribution in [0.3, 0.4) is 0 Å². The minimum absolute atomic E-state index is 0.0778. The highest BCUT2D eigenvalue weighted by Gasteiger charge is 2.32. The molecule has 4 rings (SSSR count). The number of carbonyl (C=O) groups is 2. The lowest BCUT2D eigenvalue weighted by molar-refractivity contribution is -0.139. The van der Waals surface area contributed by atoms with Gasteiger partial charge in [0.05, 0.1) is 17.9 Å². The fourth-order valence-corrected chi connectivity index (χ4v) is 3.37. The van der Waals surface area contributed by atoms with Crippen molar-refractivity contribution in [3.05, 3.63) is 47.3 Å². The third-order valence-corrected chi connectivity index (χ3v) is 4.48. The van der Waals surface area contributed by atoms with Crippen LogP contribution in [0.25, 0.3) is 5.69 Å². The van der Waals surface area contributed by atoms with Crippen molar-refractivity contribution in [1.29, 1.82) is 0 Å². The van der Waals surface area contributed by atoms with Gasteiger partial charge in [0.15, 0.2) is 0 Å². The second kappa shape index (κ2) is 5.09. The Morgan fingerprint density at radius 1 is 0.955 bits per heavy atom. The Morgan fingerprint density at radius 2 is 1.68 bits per heavy atom. The third kappa shape index (κ3) is 2.04. The third-order valence-electron chi connectivity index (χ3n) is 4.48. The van der Waals surface area contributed by atoms with Gasteiger partial charge in [-0.1, -0.05) is 18.2 Å². The topological polar surface area (TPSA) is 55.2 Å². The monoisotopic (exact) mass is 295 g/mol. The lowest BCUT2D eigenvalue weighted by Crippen LogP contribution is -2.29. The van der Waals surface area contributed by atoms with Gasteiger partial charge in [0.2, 0.25) is 11.8 Å². The maximum absolute atomic E-state index is 11.8. The Morgan fingerprint density at radius 3 is 2.41 bits per heavy atom. The van der Waals surface area contributed by atoms with E-state index in [1.165, 1.54) is 16.2 Å². The smallest absolute Gasteiger partial charge is 0.230 e. The number of benzene rings is 1. The molecule has 0 bridgehead atoms. The summed E-state index contributed by atoms with van der Waals surface area (Å²) >= 11 is 0. The molecular weight excluding hydrogens is 278 g/mol. The lowest BCUT2D eigenvalue weighted by Gasteiger charge is -2.12. The van der Waals surface area contributed by atoms with Gasteiger partial charge in [-0.2, -0.15) is 5.10 Å². The summed E-state index contributed by atoms with van der Waals surface area (Å²) in [6.07, 6.45) is 3.75. The molecule has 0 unspecified atom stereocenters. The molecule has 0 spiro atoms. The Labute approximate surface area is 128 Å². The van der Waals surface area contributed by atoms with Crippen molar-refractivity contribution in [3.8, 4) is 5.69 Å². The molecule has 2 amide bonds. The van der Waals surface area contributed by atoms with Crippen LogP contribution in [0.4, 0.5) is 0 Å². The largest absolute Gasteiger partial charge is 0.276 e. The number of hydrogen-bond donors (Lipinski definition) is 0. The average Bonchev–Trinajstić information content (AvgIpc) is 3.21. The molecule has 0 atom stereocenters. The molecule has 1 fully saturated rings. The molecule has 0 N–H and O–H groups in total. The van der Waals surface area contributed by atoms with E-state index in [9.17, 15) is 9.59 Å². The van der Waals surface area contributed by atoms with E-state index in [1.54, 1.807) is 0 Å². The van der Waals surface area contributed by atoms with Crippen molar-refractivity contribution in [1.82, 2.24) is 14.7 Å². The Hall–Kier alpha value is -2.43. The highest BCUT2D eigenvalue weighted by Crippen LogP contribution is 2.29. The second-order valence-electron chi connectivity index (χ2n) is 5.85. The zero-order valence-corrected chi connectivity index (χ0v) is 12.3. The average molecular weight is 295 g/mol. The quantitative estimate of drug-likeness (QED) is 0.814. The summed E-state index contributed by atoms with van der Waals surface area (Å²) in [5, 5.41) is 4.70. The summed E-state index contributed by atoms with van der Waals surface area (Å²) in [5.74, 6) is -0.156. The van der Waals surface area contributed by atoms with E-state index in [0.29, 0.717) is 19.4 Å². The maximum atomic E-state index is 11.8. The van der Waals surface area contributed by atoms with Crippen LogP contribution in [0.1, 0.15) is 36.2 Å². The highest BCUT2D eigenvalue weighted by molar-refractivity contribution is 6.01. The zero-order chi connectivity index (χ0) is 15.1. The molecule has 1 saturated heterocycles. The van der Waals surface area contributed by atoms with Gasteiger partial charge in [0.1, 0.15) is 0 Å². The first-order chi connectivity index (χ1) is 10.7. The van der Waals surface area contributed by atoms with Crippen LogP contribution in [0, 0.1) is 0 Å². The predicted molar refractivity (Wildman–Crippen MR) is 80.4 cm³/mol. The van der Waals surface area contributed by atoms with Crippen molar-refractivity contribution in [3.63, 3.8) is 0 Å². The standard InChI is InChI=1S/C17H17N3O2/c21-16-9-10-17(22)19(16)11-14-13-7-4-8-15(13)20(18-14)12-5-2-1-3-6-12/h1-3,5-6H,4,7-11H2. The van der Waals surface area contributed by atoms with Crippen LogP contribution in [0.5, 0.6) is 0 Å². The van der Waals surface area contributed by atoms with E-state index < -0.39 is 0 Å². The Bertz CT molecular complexity index is 733. The van der Waals surface area contributed by atoms with Gasteiger partial charge in [0.25, 0.3) is 0 Å². The van der Waals surface area contributed by atoms with Crippen LogP contribution >= 0.6 is 0 Å². The number of aromatic nitrogens is 2. The Balaban J connectivity index is 1.72. The number of imide groups is 1. The van der Waals surface area contributed by atoms with E-state index in [-0.39, 0.29) is 11.8 Å². The van der Waals surface area contributed by atoms with Gasteiger partial charge < -0.3 is 0 Å². The van der Waals surface area contributed by atoms with Crippen molar-refractivity contribution in [2.45, 2.75) is 38.6 Å². The minimum atomic E-state index is -0.0778. The number of para-hydroxylation sites is 1. The molecule has 5 nitrogen and oxygen atoms in total. The van der Waals surface area contributed by atoms with Gasteiger partial charge in [-0.3, -0.25) is 14.5 Å². The van der Waals surface area contributed by atoms with Crippen LogP contribution in [0.2, 0.25) is 0 Å². The van der Waals surface area contributed by atoms with Gasteiger partial charge in [-0.25, -0.2) is 4.68 Å². The van der Waals surface area contributed by atoms with Crippen molar-refractivity contribution < 1.29 is 9.59 Å². The van der Waals surface area contributed by atoms with Crippen molar-refractivity contribution in [2.75, 3.05) is 0 Å². The molecule has 0 saturated carbocycles. The number of hydrogen-bond acceptors (Lipinski definition) is 3. The molecular formula is C17H17N3O2. The minimum Gasteiger partial charge on any atom is -0.276 e. The van der Waals surface area contributed by atoms with Gasteiger partial charge in [-0.15, -0.1) is 0 Å². The molecule has 5 heteroatoms. The van der Waals surface area contributed by atoms with Crippen LogP contribution in [-0.4, -0.2) is 26.5 Å². The summed E-state index contributed by atoms with van der Waals surface area (Å²) in [7, 11) is 0. The maximum Gasteiger partial charge on any atom is 0.230 e. The van der Waals surface area contributed by atoms with E-state index in [0.717, 1.165) is 30.6 Å². The van der Waals surface area contributed by atoms with Crippen molar-refractivity contribution in [2.24, 2.45) is 0 Å².